The number of halogens is 1. The van der Waals surface area contributed by atoms with Gasteiger partial charge < -0.3 is 10.2 Å². The van der Waals surface area contributed by atoms with Crippen molar-refractivity contribution in [1.29, 1.82) is 0 Å². The number of carbonyl (C=O) groups is 2. The molecule has 1 heterocycles. The van der Waals surface area contributed by atoms with Gasteiger partial charge in [-0.05, 0) is 44.4 Å². The van der Waals surface area contributed by atoms with Gasteiger partial charge in [0, 0.05) is 24.7 Å². The van der Waals surface area contributed by atoms with E-state index in [1.807, 2.05) is 0 Å². The predicted octanol–water partition coefficient (Wildman–Crippen LogP) is 3.19. The zero-order valence-corrected chi connectivity index (χ0v) is 11.6. The van der Waals surface area contributed by atoms with Gasteiger partial charge in [0.15, 0.2) is 0 Å². The second-order valence-corrected chi connectivity index (χ2v) is 5.19. The summed E-state index contributed by atoms with van der Waals surface area (Å²) in [5.74, 6) is -0.304. The van der Waals surface area contributed by atoms with E-state index in [9.17, 15) is 14.0 Å². The van der Waals surface area contributed by atoms with Gasteiger partial charge in [-0.1, -0.05) is 6.07 Å². The van der Waals surface area contributed by atoms with Crippen LogP contribution >= 0.6 is 0 Å². The summed E-state index contributed by atoms with van der Waals surface area (Å²) in [5, 5.41) is 2.69. The number of Topliss-reactive ketones (excluding diaryl/α,β-unsaturated/α-hetero) is 1. The molecule has 1 saturated heterocycles. The summed E-state index contributed by atoms with van der Waals surface area (Å²) in [6, 6.07) is 5.49. The van der Waals surface area contributed by atoms with Gasteiger partial charge in [-0.15, -0.1) is 0 Å². The highest BCUT2D eigenvalue weighted by molar-refractivity contribution is 5.90. The molecular weight excluding hydrogens is 259 g/mol. The predicted molar refractivity (Wildman–Crippen MR) is 75.1 cm³/mol. The average molecular weight is 278 g/mol. The molecule has 108 valence electrons. The highest BCUT2D eigenvalue weighted by Crippen LogP contribution is 2.21. The number of likely N-dealkylation sites (tertiary alicyclic amines) is 1. The van der Waals surface area contributed by atoms with E-state index in [0.717, 1.165) is 19.3 Å². The van der Waals surface area contributed by atoms with Crippen molar-refractivity contribution in [1.82, 2.24) is 4.90 Å². The summed E-state index contributed by atoms with van der Waals surface area (Å²) < 4.78 is 13.1. The van der Waals surface area contributed by atoms with Gasteiger partial charge in [0.25, 0.3) is 0 Å². The summed E-state index contributed by atoms with van der Waals surface area (Å²) in [7, 11) is 0. The second kappa shape index (κ2) is 6.50. The van der Waals surface area contributed by atoms with E-state index in [-0.39, 0.29) is 23.7 Å². The number of nitrogens with one attached hydrogen (secondary N) is 1. The normalized spacial score (nSPS) is 18.7. The summed E-state index contributed by atoms with van der Waals surface area (Å²) in [6.07, 6.45) is 3.19. The number of rotatable bonds is 3. The fourth-order valence-electron chi connectivity index (χ4n) is 2.57. The Morgan fingerprint density at radius 1 is 1.40 bits per heavy atom. The molecule has 0 saturated carbocycles. The van der Waals surface area contributed by atoms with E-state index in [4.69, 9.17) is 0 Å². The first-order valence-corrected chi connectivity index (χ1v) is 6.89. The summed E-state index contributed by atoms with van der Waals surface area (Å²) in [5.41, 5.74) is 0.433. The number of nitrogens with zero attached hydrogens (tertiary/aromatic N) is 1. The number of hydrogen-bond acceptors (Lipinski definition) is 2. The molecule has 4 nitrogen and oxygen atoms in total. The second-order valence-electron chi connectivity index (χ2n) is 5.19. The van der Waals surface area contributed by atoms with Gasteiger partial charge in [-0.2, -0.15) is 0 Å². The zero-order chi connectivity index (χ0) is 14.5. The minimum Gasteiger partial charge on any atom is -0.321 e. The number of benzene rings is 1. The number of anilines is 1. The number of hydrogen-bond donors (Lipinski definition) is 1. The summed E-state index contributed by atoms with van der Waals surface area (Å²) >= 11 is 0. The van der Waals surface area contributed by atoms with E-state index >= 15 is 0 Å². The van der Waals surface area contributed by atoms with E-state index in [1.54, 1.807) is 17.0 Å². The zero-order valence-electron chi connectivity index (χ0n) is 11.6. The molecule has 0 spiro atoms. The van der Waals surface area contributed by atoms with Crippen LogP contribution in [0.25, 0.3) is 0 Å². The molecule has 0 aliphatic carbocycles. The molecule has 0 radical (unpaired) electrons. The Bertz CT molecular complexity index is 504. The highest BCUT2D eigenvalue weighted by Gasteiger charge is 2.27. The van der Waals surface area contributed by atoms with Crippen LogP contribution in [0.15, 0.2) is 24.3 Å². The largest absolute Gasteiger partial charge is 0.322 e. The number of amides is 2. The average Bonchev–Trinajstić information content (AvgIpc) is 2.38. The Kier molecular flexibility index (Phi) is 4.71. The van der Waals surface area contributed by atoms with Crippen molar-refractivity contribution in [2.45, 2.75) is 38.6 Å². The summed E-state index contributed by atoms with van der Waals surface area (Å²) in [6.45, 7) is 2.18. The molecule has 0 aromatic heterocycles. The maximum absolute atomic E-state index is 13.1. The molecule has 2 amide bonds. The van der Waals surface area contributed by atoms with Crippen LogP contribution < -0.4 is 5.32 Å². The van der Waals surface area contributed by atoms with Gasteiger partial charge in [0.1, 0.15) is 11.6 Å². The molecule has 1 aromatic carbocycles. The molecule has 2 rings (SSSR count). The number of piperidine rings is 1. The summed E-state index contributed by atoms with van der Waals surface area (Å²) in [4.78, 5) is 25.2. The molecule has 1 atom stereocenters. The maximum atomic E-state index is 13.1. The molecular formula is C15H19FN2O2. The Balaban J connectivity index is 2.04. The molecule has 1 fully saturated rings. The number of urea groups is 1. The molecule has 0 bridgehead atoms. The fraction of sp³-hybridized carbons (Fsp3) is 0.467. The van der Waals surface area contributed by atoms with Crippen LogP contribution in [-0.4, -0.2) is 29.3 Å². The molecule has 1 N–H and O–H groups in total. The Hall–Kier alpha value is -1.91. The lowest BCUT2D eigenvalue weighted by Gasteiger charge is -2.35. The minimum absolute atomic E-state index is 0.0465. The first-order valence-electron chi connectivity index (χ1n) is 6.89. The standard InChI is InChI=1S/C15H19FN2O2/c1-11(19)9-14-7-2-3-8-18(14)15(20)17-13-6-4-5-12(16)10-13/h4-6,10,14H,2-3,7-9H2,1H3,(H,17,20). The van der Waals surface area contributed by atoms with Gasteiger partial charge in [-0.25, -0.2) is 9.18 Å². The Morgan fingerprint density at radius 3 is 2.90 bits per heavy atom. The van der Waals surface area contributed by atoms with Crippen LogP contribution in [0.4, 0.5) is 14.9 Å². The van der Waals surface area contributed by atoms with E-state index in [2.05, 4.69) is 5.32 Å². The smallest absolute Gasteiger partial charge is 0.321 e. The molecule has 20 heavy (non-hydrogen) atoms. The van der Waals surface area contributed by atoms with Crippen molar-refractivity contribution in [2.75, 3.05) is 11.9 Å². The van der Waals surface area contributed by atoms with Gasteiger partial charge >= 0.3 is 6.03 Å². The van der Waals surface area contributed by atoms with Crippen molar-refractivity contribution in [2.24, 2.45) is 0 Å². The third-order valence-corrected chi connectivity index (χ3v) is 3.49. The lowest BCUT2D eigenvalue weighted by Crippen LogP contribution is -2.46. The molecule has 1 aliphatic rings. The number of ketones is 1. The topological polar surface area (TPSA) is 49.4 Å². The van der Waals surface area contributed by atoms with Crippen molar-refractivity contribution >= 4 is 17.5 Å². The van der Waals surface area contributed by atoms with E-state index in [0.29, 0.717) is 18.7 Å². The third-order valence-electron chi connectivity index (χ3n) is 3.49. The van der Waals surface area contributed by atoms with Crippen molar-refractivity contribution < 1.29 is 14.0 Å². The Labute approximate surface area is 118 Å². The van der Waals surface area contributed by atoms with Crippen LogP contribution in [0.5, 0.6) is 0 Å². The quantitative estimate of drug-likeness (QED) is 0.923. The van der Waals surface area contributed by atoms with Crippen LogP contribution in [-0.2, 0) is 4.79 Å². The molecule has 1 aromatic rings. The maximum Gasteiger partial charge on any atom is 0.322 e. The molecule has 1 aliphatic heterocycles. The Morgan fingerprint density at radius 2 is 2.20 bits per heavy atom. The van der Waals surface area contributed by atoms with Crippen molar-refractivity contribution in [3.8, 4) is 0 Å². The highest BCUT2D eigenvalue weighted by atomic mass is 19.1. The minimum atomic E-state index is -0.387. The molecule has 1 unspecified atom stereocenters. The van der Waals surface area contributed by atoms with Gasteiger partial charge in [0.05, 0.1) is 0 Å². The van der Waals surface area contributed by atoms with E-state index < -0.39 is 0 Å². The van der Waals surface area contributed by atoms with Crippen molar-refractivity contribution in [3.63, 3.8) is 0 Å². The van der Waals surface area contributed by atoms with Gasteiger partial charge in [0.2, 0.25) is 0 Å². The lowest BCUT2D eigenvalue weighted by atomic mass is 9.98. The monoisotopic (exact) mass is 278 g/mol. The van der Waals surface area contributed by atoms with Crippen LogP contribution in [0.2, 0.25) is 0 Å². The first-order chi connectivity index (χ1) is 9.56. The lowest BCUT2D eigenvalue weighted by molar-refractivity contribution is -0.118. The fourth-order valence-corrected chi connectivity index (χ4v) is 2.57. The van der Waals surface area contributed by atoms with Crippen LogP contribution in [0, 0.1) is 5.82 Å². The number of carbonyl (C=O) groups excluding carboxylic acids is 2. The van der Waals surface area contributed by atoms with Crippen LogP contribution in [0.3, 0.4) is 0 Å². The third kappa shape index (κ3) is 3.79. The van der Waals surface area contributed by atoms with E-state index in [1.165, 1.54) is 19.1 Å². The van der Waals surface area contributed by atoms with Crippen molar-refractivity contribution in [3.05, 3.63) is 30.1 Å². The van der Waals surface area contributed by atoms with Crippen LogP contribution in [0.1, 0.15) is 32.6 Å². The van der Waals surface area contributed by atoms with Gasteiger partial charge in [-0.3, -0.25) is 4.79 Å². The molecule has 5 heteroatoms. The SMILES string of the molecule is CC(=O)CC1CCCCN1C(=O)Nc1cccc(F)c1. The first kappa shape index (κ1) is 14.5.